The summed E-state index contributed by atoms with van der Waals surface area (Å²) < 4.78 is 16.9. The lowest BCUT2D eigenvalue weighted by atomic mass is 10.0. The molecule has 0 aromatic carbocycles. The molecule has 482 valence electrons. The highest BCUT2D eigenvalue weighted by atomic mass is 16.6. The molecule has 0 saturated carbocycles. The standard InChI is InChI=1S/C75H146O6/c1-4-7-10-13-16-18-20-22-24-26-28-30-32-34-35-36-37-38-39-40-41-43-44-46-48-50-52-54-56-59-62-65-68-74(77)80-71-72(70-79-73(76)67-64-61-58-15-12-9-6-3)81-75(78)69-66-63-60-57-55-53-51-49-47-45-42-33-31-29-27-25-23-21-19-17-14-11-8-5-2/h72H,4-71H2,1-3H3. The van der Waals surface area contributed by atoms with E-state index < -0.39 is 6.10 Å². The second-order valence-corrected chi connectivity index (χ2v) is 25.9. The van der Waals surface area contributed by atoms with Gasteiger partial charge in [0.15, 0.2) is 6.10 Å². The van der Waals surface area contributed by atoms with Crippen LogP contribution in [0.2, 0.25) is 0 Å². The van der Waals surface area contributed by atoms with Gasteiger partial charge in [-0.05, 0) is 19.3 Å². The van der Waals surface area contributed by atoms with E-state index >= 15 is 0 Å². The van der Waals surface area contributed by atoms with Crippen LogP contribution in [0.5, 0.6) is 0 Å². The monoisotopic (exact) mass is 1140 g/mol. The first-order valence-electron chi connectivity index (χ1n) is 37.5. The molecular formula is C75H146O6. The average molecular weight is 1140 g/mol. The van der Waals surface area contributed by atoms with Crippen molar-refractivity contribution in [3.8, 4) is 0 Å². The van der Waals surface area contributed by atoms with Crippen molar-refractivity contribution in [1.29, 1.82) is 0 Å². The van der Waals surface area contributed by atoms with Crippen molar-refractivity contribution in [3.05, 3.63) is 0 Å². The molecule has 0 bridgehead atoms. The summed E-state index contributed by atoms with van der Waals surface area (Å²) in [6.07, 6.45) is 84.8. The van der Waals surface area contributed by atoms with Crippen molar-refractivity contribution in [2.75, 3.05) is 13.2 Å². The van der Waals surface area contributed by atoms with Gasteiger partial charge in [0, 0.05) is 19.3 Å². The van der Waals surface area contributed by atoms with Crippen LogP contribution in [0.3, 0.4) is 0 Å². The largest absolute Gasteiger partial charge is 0.462 e. The highest BCUT2D eigenvalue weighted by Crippen LogP contribution is 2.20. The first-order valence-corrected chi connectivity index (χ1v) is 37.5. The van der Waals surface area contributed by atoms with Gasteiger partial charge in [0.25, 0.3) is 0 Å². The second-order valence-electron chi connectivity index (χ2n) is 25.9. The van der Waals surface area contributed by atoms with Crippen LogP contribution < -0.4 is 0 Å². The molecular weight excluding hydrogens is 997 g/mol. The quantitative estimate of drug-likeness (QED) is 0.0343. The minimum Gasteiger partial charge on any atom is -0.462 e. The number of carbonyl (C=O) groups excluding carboxylic acids is 3. The van der Waals surface area contributed by atoms with Gasteiger partial charge in [-0.15, -0.1) is 0 Å². The van der Waals surface area contributed by atoms with E-state index in [-0.39, 0.29) is 31.1 Å². The first kappa shape index (κ1) is 79.4. The summed E-state index contributed by atoms with van der Waals surface area (Å²) in [5.74, 6) is -0.831. The first-order chi connectivity index (χ1) is 40.0. The Balaban J connectivity index is 3.93. The van der Waals surface area contributed by atoms with Gasteiger partial charge in [-0.25, -0.2) is 0 Å². The van der Waals surface area contributed by atoms with E-state index in [1.54, 1.807) is 0 Å². The Hall–Kier alpha value is -1.59. The summed E-state index contributed by atoms with van der Waals surface area (Å²) in [7, 11) is 0. The Kier molecular flexibility index (Phi) is 69.5. The molecule has 0 aliphatic carbocycles. The molecule has 0 fully saturated rings. The number of ether oxygens (including phenoxy) is 3. The normalized spacial score (nSPS) is 11.9. The van der Waals surface area contributed by atoms with Crippen molar-refractivity contribution in [1.82, 2.24) is 0 Å². The van der Waals surface area contributed by atoms with E-state index in [2.05, 4.69) is 20.8 Å². The van der Waals surface area contributed by atoms with Gasteiger partial charge in [-0.3, -0.25) is 14.4 Å². The van der Waals surface area contributed by atoms with Gasteiger partial charge in [0.1, 0.15) is 13.2 Å². The highest BCUT2D eigenvalue weighted by Gasteiger charge is 2.20. The molecule has 0 N–H and O–H groups in total. The Labute approximate surface area is 508 Å². The molecule has 1 unspecified atom stereocenters. The number of hydrogen-bond acceptors (Lipinski definition) is 6. The highest BCUT2D eigenvalue weighted by molar-refractivity contribution is 5.71. The molecule has 0 spiro atoms. The number of unbranched alkanes of at least 4 members (excludes halogenated alkanes) is 60. The molecule has 0 amide bonds. The van der Waals surface area contributed by atoms with E-state index in [0.717, 1.165) is 57.8 Å². The molecule has 0 saturated heterocycles. The van der Waals surface area contributed by atoms with Gasteiger partial charge in [-0.1, -0.05) is 406 Å². The van der Waals surface area contributed by atoms with Crippen LogP contribution in [0, 0.1) is 0 Å². The Morgan fingerprint density at radius 2 is 0.333 bits per heavy atom. The molecule has 0 heterocycles. The van der Waals surface area contributed by atoms with Crippen molar-refractivity contribution >= 4 is 17.9 Å². The summed E-state index contributed by atoms with van der Waals surface area (Å²) >= 11 is 0. The van der Waals surface area contributed by atoms with Crippen LogP contribution in [-0.2, 0) is 28.6 Å². The summed E-state index contributed by atoms with van der Waals surface area (Å²) in [5, 5.41) is 0. The van der Waals surface area contributed by atoms with E-state index in [4.69, 9.17) is 14.2 Å². The van der Waals surface area contributed by atoms with Gasteiger partial charge >= 0.3 is 17.9 Å². The van der Waals surface area contributed by atoms with Crippen molar-refractivity contribution in [2.45, 2.75) is 451 Å². The maximum Gasteiger partial charge on any atom is 0.306 e. The molecule has 0 radical (unpaired) electrons. The van der Waals surface area contributed by atoms with E-state index in [0.29, 0.717) is 19.3 Å². The predicted molar refractivity (Wildman–Crippen MR) is 354 cm³/mol. The minimum absolute atomic E-state index is 0.0612. The molecule has 1 atom stereocenters. The van der Waals surface area contributed by atoms with Gasteiger partial charge in [-0.2, -0.15) is 0 Å². The fraction of sp³-hybridized carbons (Fsp3) is 0.960. The third-order valence-electron chi connectivity index (χ3n) is 17.6. The molecule has 0 aliphatic rings. The average Bonchev–Trinajstić information content (AvgIpc) is 3.46. The Bertz CT molecular complexity index is 1220. The maximum atomic E-state index is 12.9. The van der Waals surface area contributed by atoms with Crippen LogP contribution in [0.25, 0.3) is 0 Å². The third kappa shape index (κ3) is 69.1. The SMILES string of the molecule is CCCCCCCCCCCCCCCCCCCCCCCCCCCCCCCCCCC(=O)OCC(COC(=O)CCCCCCCCC)OC(=O)CCCCCCCCCCCCCCCCCCCCCCCCCC. The van der Waals surface area contributed by atoms with E-state index in [9.17, 15) is 14.4 Å². The fourth-order valence-electron chi connectivity index (χ4n) is 12.0. The molecule has 81 heavy (non-hydrogen) atoms. The zero-order valence-electron chi connectivity index (χ0n) is 55.6. The van der Waals surface area contributed by atoms with Crippen LogP contribution in [0.4, 0.5) is 0 Å². The zero-order chi connectivity index (χ0) is 58.5. The topological polar surface area (TPSA) is 78.9 Å². The van der Waals surface area contributed by atoms with E-state index in [1.165, 1.54) is 347 Å². The van der Waals surface area contributed by atoms with Crippen molar-refractivity contribution in [2.24, 2.45) is 0 Å². The van der Waals surface area contributed by atoms with Crippen LogP contribution in [0.1, 0.15) is 445 Å². The smallest absolute Gasteiger partial charge is 0.306 e. The number of carbonyl (C=O) groups is 3. The minimum atomic E-state index is -0.762. The number of hydrogen-bond donors (Lipinski definition) is 0. The van der Waals surface area contributed by atoms with Crippen LogP contribution in [0.15, 0.2) is 0 Å². The Morgan fingerprint density at radius 3 is 0.494 bits per heavy atom. The van der Waals surface area contributed by atoms with Gasteiger partial charge in [0.2, 0.25) is 0 Å². The molecule has 0 aliphatic heterocycles. The number of rotatable bonds is 71. The molecule has 0 rings (SSSR count). The molecule has 0 aromatic rings. The third-order valence-corrected chi connectivity index (χ3v) is 17.6. The predicted octanol–water partition coefficient (Wildman–Crippen LogP) is 25.8. The maximum absolute atomic E-state index is 12.9. The van der Waals surface area contributed by atoms with Crippen LogP contribution >= 0.6 is 0 Å². The molecule has 0 aromatic heterocycles. The molecule has 6 nitrogen and oxygen atoms in total. The summed E-state index contributed by atoms with van der Waals surface area (Å²) in [5.41, 5.74) is 0. The van der Waals surface area contributed by atoms with E-state index in [1.807, 2.05) is 0 Å². The van der Waals surface area contributed by atoms with Crippen molar-refractivity contribution < 1.29 is 28.6 Å². The summed E-state index contributed by atoms with van der Waals surface area (Å²) in [6, 6.07) is 0. The lowest BCUT2D eigenvalue weighted by molar-refractivity contribution is -0.167. The summed E-state index contributed by atoms with van der Waals surface area (Å²) in [4.78, 5) is 38.2. The lowest BCUT2D eigenvalue weighted by Crippen LogP contribution is -2.30. The van der Waals surface area contributed by atoms with Gasteiger partial charge in [0.05, 0.1) is 0 Å². The Morgan fingerprint density at radius 1 is 0.198 bits per heavy atom. The second kappa shape index (κ2) is 70.9. The summed E-state index contributed by atoms with van der Waals surface area (Å²) in [6.45, 7) is 6.70. The number of esters is 3. The molecule has 6 heteroatoms. The van der Waals surface area contributed by atoms with Crippen LogP contribution in [-0.4, -0.2) is 37.2 Å². The lowest BCUT2D eigenvalue weighted by Gasteiger charge is -2.18. The van der Waals surface area contributed by atoms with Gasteiger partial charge < -0.3 is 14.2 Å². The fourth-order valence-corrected chi connectivity index (χ4v) is 12.0. The zero-order valence-corrected chi connectivity index (χ0v) is 55.6. The van der Waals surface area contributed by atoms with Crippen molar-refractivity contribution in [3.63, 3.8) is 0 Å².